The molecule has 2 rings (SSSR count). The molecule has 4 heteroatoms. The van der Waals surface area contributed by atoms with Gasteiger partial charge < -0.3 is 4.74 Å². The number of halogens is 1. The van der Waals surface area contributed by atoms with Crippen molar-refractivity contribution in [2.75, 3.05) is 7.11 Å². The van der Waals surface area contributed by atoms with Crippen LogP contribution in [0, 0.1) is 13.8 Å². The van der Waals surface area contributed by atoms with E-state index >= 15 is 0 Å². The molecule has 2 aromatic rings. The summed E-state index contributed by atoms with van der Waals surface area (Å²) in [5.74, 6) is 0.856. The smallest absolute Gasteiger partial charge is 0.182 e. The Morgan fingerprint density at radius 2 is 1.81 bits per heavy atom. The van der Waals surface area contributed by atoms with Crippen LogP contribution in [0.4, 0.5) is 0 Å². The van der Waals surface area contributed by atoms with E-state index in [-0.39, 0.29) is 0 Å². The standard InChI is InChI=1S/C12H13BrN2O/c1-8-9(2)15(12(13)14-8)10-4-6-11(16-3)7-5-10/h4-7H,1-3H3. The van der Waals surface area contributed by atoms with Crippen molar-refractivity contribution in [3.8, 4) is 11.4 Å². The largest absolute Gasteiger partial charge is 0.497 e. The molecule has 0 aliphatic carbocycles. The van der Waals surface area contributed by atoms with Crippen LogP contribution in [0.3, 0.4) is 0 Å². The van der Waals surface area contributed by atoms with Gasteiger partial charge in [0.1, 0.15) is 5.75 Å². The highest BCUT2D eigenvalue weighted by atomic mass is 79.9. The Morgan fingerprint density at radius 1 is 1.19 bits per heavy atom. The zero-order chi connectivity index (χ0) is 11.7. The maximum absolute atomic E-state index is 5.13. The van der Waals surface area contributed by atoms with Gasteiger partial charge in [0.2, 0.25) is 0 Å². The lowest BCUT2D eigenvalue weighted by Crippen LogP contribution is -1.97. The monoisotopic (exact) mass is 280 g/mol. The van der Waals surface area contributed by atoms with Crippen molar-refractivity contribution in [1.82, 2.24) is 9.55 Å². The maximum atomic E-state index is 5.13. The Kier molecular flexibility index (Phi) is 3.01. The summed E-state index contributed by atoms with van der Waals surface area (Å²) in [6, 6.07) is 7.91. The summed E-state index contributed by atoms with van der Waals surface area (Å²) in [5.41, 5.74) is 3.24. The van der Waals surface area contributed by atoms with Gasteiger partial charge in [-0.3, -0.25) is 4.57 Å². The van der Waals surface area contributed by atoms with Gasteiger partial charge in [0.15, 0.2) is 4.73 Å². The lowest BCUT2D eigenvalue weighted by Gasteiger charge is -2.08. The van der Waals surface area contributed by atoms with Gasteiger partial charge >= 0.3 is 0 Å². The molecule has 0 saturated carbocycles. The van der Waals surface area contributed by atoms with Crippen molar-refractivity contribution >= 4 is 15.9 Å². The summed E-state index contributed by atoms with van der Waals surface area (Å²) in [6.07, 6.45) is 0. The third kappa shape index (κ3) is 1.85. The quantitative estimate of drug-likeness (QED) is 0.844. The zero-order valence-electron chi connectivity index (χ0n) is 9.49. The number of aromatic nitrogens is 2. The highest BCUT2D eigenvalue weighted by molar-refractivity contribution is 9.10. The first kappa shape index (κ1) is 11.2. The highest BCUT2D eigenvalue weighted by Gasteiger charge is 2.09. The second-order valence-corrected chi connectivity index (χ2v) is 4.29. The average Bonchev–Trinajstić information content (AvgIpc) is 2.54. The molecule has 0 saturated heterocycles. The van der Waals surface area contributed by atoms with Gasteiger partial charge in [0, 0.05) is 11.4 Å². The predicted molar refractivity (Wildman–Crippen MR) is 67.3 cm³/mol. The van der Waals surface area contributed by atoms with Crippen LogP contribution in [-0.4, -0.2) is 16.7 Å². The molecular weight excluding hydrogens is 268 g/mol. The van der Waals surface area contributed by atoms with E-state index in [9.17, 15) is 0 Å². The van der Waals surface area contributed by atoms with Gasteiger partial charge in [-0.05, 0) is 54.0 Å². The van der Waals surface area contributed by atoms with Crippen LogP contribution in [0.1, 0.15) is 11.4 Å². The number of methoxy groups -OCH3 is 1. The normalized spacial score (nSPS) is 10.5. The Labute approximate surface area is 103 Å². The molecule has 16 heavy (non-hydrogen) atoms. The molecule has 0 radical (unpaired) electrons. The fourth-order valence-electron chi connectivity index (χ4n) is 1.60. The van der Waals surface area contributed by atoms with E-state index < -0.39 is 0 Å². The number of nitrogens with zero attached hydrogens (tertiary/aromatic N) is 2. The Morgan fingerprint density at radius 3 is 2.25 bits per heavy atom. The predicted octanol–water partition coefficient (Wildman–Crippen LogP) is 3.26. The van der Waals surface area contributed by atoms with E-state index in [4.69, 9.17) is 4.74 Å². The van der Waals surface area contributed by atoms with E-state index in [2.05, 4.69) is 32.4 Å². The number of rotatable bonds is 2. The Balaban J connectivity index is 2.50. The van der Waals surface area contributed by atoms with Crippen LogP contribution in [0.25, 0.3) is 5.69 Å². The maximum Gasteiger partial charge on any atom is 0.182 e. The molecule has 0 aliphatic rings. The first-order chi connectivity index (χ1) is 7.63. The van der Waals surface area contributed by atoms with Crippen LogP contribution >= 0.6 is 15.9 Å². The second-order valence-electron chi connectivity index (χ2n) is 3.59. The van der Waals surface area contributed by atoms with Crippen molar-refractivity contribution < 1.29 is 4.74 Å². The Bertz CT molecular complexity index is 502. The lowest BCUT2D eigenvalue weighted by molar-refractivity contribution is 0.414. The van der Waals surface area contributed by atoms with Crippen molar-refractivity contribution in [3.63, 3.8) is 0 Å². The summed E-state index contributed by atoms with van der Waals surface area (Å²) in [6.45, 7) is 4.05. The molecule has 1 aromatic heterocycles. The lowest BCUT2D eigenvalue weighted by atomic mass is 10.3. The molecule has 0 unspecified atom stereocenters. The number of hydrogen-bond acceptors (Lipinski definition) is 2. The number of hydrogen-bond donors (Lipinski definition) is 0. The molecule has 1 heterocycles. The van der Waals surface area contributed by atoms with E-state index in [1.165, 1.54) is 0 Å². The molecule has 0 amide bonds. The van der Waals surface area contributed by atoms with Crippen LogP contribution in [0.2, 0.25) is 0 Å². The first-order valence-corrected chi connectivity index (χ1v) is 5.78. The summed E-state index contributed by atoms with van der Waals surface area (Å²) < 4.78 is 8.02. The van der Waals surface area contributed by atoms with Crippen molar-refractivity contribution in [2.24, 2.45) is 0 Å². The number of ether oxygens (including phenoxy) is 1. The topological polar surface area (TPSA) is 27.1 Å². The fourth-order valence-corrected chi connectivity index (χ4v) is 2.34. The molecule has 0 bridgehead atoms. The molecular formula is C12H13BrN2O. The number of aryl methyl sites for hydroxylation is 1. The summed E-state index contributed by atoms with van der Waals surface area (Å²) in [7, 11) is 1.66. The fraction of sp³-hybridized carbons (Fsp3) is 0.250. The average molecular weight is 281 g/mol. The van der Waals surface area contributed by atoms with Gasteiger partial charge in [-0.2, -0.15) is 0 Å². The second kappa shape index (κ2) is 4.29. The SMILES string of the molecule is COc1ccc(-n2c(Br)nc(C)c2C)cc1. The summed E-state index contributed by atoms with van der Waals surface area (Å²) in [4.78, 5) is 4.38. The number of benzene rings is 1. The highest BCUT2D eigenvalue weighted by Crippen LogP contribution is 2.23. The van der Waals surface area contributed by atoms with Gasteiger partial charge in [-0.25, -0.2) is 4.98 Å². The van der Waals surface area contributed by atoms with Gasteiger partial charge in [-0.1, -0.05) is 0 Å². The minimum atomic E-state index is 0.827. The molecule has 0 spiro atoms. The van der Waals surface area contributed by atoms with E-state index in [1.54, 1.807) is 7.11 Å². The molecule has 0 fully saturated rings. The van der Waals surface area contributed by atoms with Gasteiger partial charge in [-0.15, -0.1) is 0 Å². The van der Waals surface area contributed by atoms with Crippen molar-refractivity contribution in [1.29, 1.82) is 0 Å². The number of imidazole rings is 1. The summed E-state index contributed by atoms with van der Waals surface area (Å²) >= 11 is 3.46. The van der Waals surface area contributed by atoms with E-state index in [0.717, 1.165) is 27.6 Å². The molecule has 0 aliphatic heterocycles. The molecule has 3 nitrogen and oxygen atoms in total. The summed E-state index contributed by atoms with van der Waals surface area (Å²) in [5, 5.41) is 0. The van der Waals surface area contributed by atoms with Crippen LogP contribution < -0.4 is 4.74 Å². The van der Waals surface area contributed by atoms with Crippen molar-refractivity contribution in [3.05, 3.63) is 40.4 Å². The van der Waals surface area contributed by atoms with E-state index in [0.29, 0.717) is 0 Å². The third-order valence-electron chi connectivity index (χ3n) is 2.63. The van der Waals surface area contributed by atoms with Crippen molar-refractivity contribution in [2.45, 2.75) is 13.8 Å². The molecule has 0 N–H and O–H groups in total. The minimum Gasteiger partial charge on any atom is -0.497 e. The van der Waals surface area contributed by atoms with Crippen LogP contribution in [0.5, 0.6) is 5.75 Å². The van der Waals surface area contributed by atoms with Crippen LogP contribution in [-0.2, 0) is 0 Å². The van der Waals surface area contributed by atoms with Crippen LogP contribution in [0.15, 0.2) is 29.0 Å². The van der Waals surface area contributed by atoms with Gasteiger partial charge in [0.25, 0.3) is 0 Å². The third-order valence-corrected chi connectivity index (χ3v) is 3.17. The molecule has 0 atom stereocenters. The minimum absolute atomic E-state index is 0.827. The molecule has 1 aromatic carbocycles. The zero-order valence-corrected chi connectivity index (χ0v) is 11.1. The first-order valence-electron chi connectivity index (χ1n) is 4.99. The van der Waals surface area contributed by atoms with Gasteiger partial charge in [0.05, 0.1) is 12.8 Å². The molecule has 84 valence electrons. The van der Waals surface area contributed by atoms with E-state index in [1.807, 2.05) is 31.2 Å². The Hall–Kier alpha value is -1.29.